The number of hydrogen-bond acceptors (Lipinski definition) is 10. The van der Waals surface area contributed by atoms with Gasteiger partial charge in [-0.1, -0.05) is 31.2 Å². The second kappa shape index (κ2) is 8.94. The lowest BCUT2D eigenvalue weighted by Crippen LogP contribution is -2.54. The van der Waals surface area contributed by atoms with Crippen molar-refractivity contribution in [2.45, 2.75) is 55.8 Å². The van der Waals surface area contributed by atoms with Crippen molar-refractivity contribution >= 4 is 45.9 Å². The van der Waals surface area contributed by atoms with Crippen LogP contribution in [0.15, 0.2) is 47.9 Å². The number of para-hydroxylation sites is 1. The Balaban J connectivity index is 1.56. The number of H-pyrrole nitrogens is 1. The lowest BCUT2D eigenvalue weighted by atomic mass is 9.87. The first-order valence-electron chi connectivity index (χ1n) is 12.7. The van der Waals surface area contributed by atoms with Crippen LogP contribution in [0.4, 0.5) is 0 Å². The van der Waals surface area contributed by atoms with Crippen LogP contribution in [0.25, 0.3) is 16.7 Å². The molecule has 3 aromatic rings. The van der Waals surface area contributed by atoms with E-state index in [4.69, 9.17) is 18.9 Å². The predicted octanol–water partition coefficient (Wildman–Crippen LogP) is 3.72. The molecular formula is C28H28N2O8S. The van der Waals surface area contributed by atoms with E-state index in [1.807, 2.05) is 55.9 Å². The quantitative estimate of drug-likeness (QED) is 0.455. The van der Waals surface area contributed by atoms with Gasteiger partial charge in [0.15, 0.2) is 5.60 Å². The highest BCUT2D eigenvalue weighted by atomic mass is 32.1. The van der Waals surface area contributed by atoms with Crippen molar-refractivity contribution in [3.05, 3.63) is 64.0 Å². The van der Waals surface area contributed by atoms with Crippen LogP contribution in [0, 0.1) is 0 Å². The van der Waals surface area contributed by atoms with Crippen molar-refractivity contribution in [2.75, 3.05) is 14.1 Å². The highest BCUT2D eigenvalue weighted by Gasteiger charge is 2.65. The molecule has 3 aliphatic heterocycles. The Kier molecular flexibility index (Phi) is 5.87. The minimum absolute atomic E-state index is 0.261. The largest absolute Gasteiger partial charge is 0.466 e. The summed E-state index contributed by atoms with van der Waals surface area (Å²) >= 11 is 1.65. The lowest BCUT2D eigenvalue weighted by molar-refractivity contribution is -0.364. The van der Waals surface area contributed by atoms with Gasteiger partial charge >= 0.3 is 23.9 Å². The molecule has 4 unspecified atom stereocenters. The van der Waals surface area contributed by atoms with Gasteiger partial charge in [0, 0.05) is 21.3 Å². The highest BCUT2D eigenvalue weighted by Crippen LogP contribution is 2.52. The first kappa shape index (κ1) is 25.6. The average Bonchev–Trinajstić information content (AvgIpc) is 3.53. The zero-order valence-corrected chi connectivity index (χ0v) is 22.5. The maximum Gasteiger partial charge on any atom is 0.466 e. The number of hydrogen-bond donors (Lipinski definition) is 2. The molecule has 0 radical (unpaired) electrons. The number of aliphatic hydroxyl groups is 1. The van der Waals surface area contributed by atoms with Gasteiger partial charge in [-0.3, -0.25) is 14.5 Å². The van der Waals surface area contributed by atoms with Crippen LogP contribution in [-0.2, 0) is 38.9 Å². The number of aromatic amines is 1. The molecule has 10 nitrogen and oxygen atoms in total. The first-order chi connectivity index (χ1) is 18.6. The van der Waals surface area contributed by atoms with E-state index >= 15 is 0 Å². The smallest absolute Gasteiger partial charge is 0.444 e. The first-order valence-corrected chi connectivity index (χ1v) is 13.6. The van der Waals surface area contributed by atoms with Gasteiger partial charge in [-0.25, -0.2) is 4.79 Å². The fourth-order valence-electron chi connectivity index (χ4n) is 5.73. The van der Waals surface area contributed by atoms with Crippen LogP contribution >= 0.6 is 11.3 Å². The molecule has 5 heterocycles. The normalized spacial score (nSPS) is 28.9. The number of carbonyl (C=O) groups excluding carboxylic acids is 3. The molecule has 1 aromatic carbocycles. The number of ether oxygens (including phenoxy) is 4. The number of nitrogens with one attached hydrogen (secondary N) is 1. The van der Waals surface area contributed by atoms with Crippen molar-refractivity contribution in [2.24, 2.45) is 0 Å². The van der Waals surface area contributed by atoms with E-state index in [0.29, 0.717) is 23.1 Å². The number of aromatic nitrogens is 1. The molecule has 0 amide bonds. The van der Waals surface area contributed by atoms with Crippen LogP contribution in [0.1, 0.15) is 54.8 Å². The fourth-order valence-corrected chi connectivity index (χ4v) is 6.82. The lowest BCUT2D eigenvalue weighted by Gasteiger charge is -2.42. The summed E-state index contributed by atoms with van der Waals surface area (Å²) in [5, 5.41) is 13.6. The molecule has 2 fully saturated rings. The van der Waals surface area contributed by atoms with Gasteiger partial charge in [-0.15, -0.1) is 11.3 Å². The molecular weight excluding hydrogens is 524 g/mol. The molecule has 2 N–H and O–H groups in total. The Morgan fingerprint density at radius 2 is 1.87 bits per heavy atom. The molecule has 2 aromatic heterocycles. The molecule has 4 atom stereocenters. The molecule has 0 aliphatic carbocycles. The summed E-state index contributed by atoms with van der Waals surface area (Å²) < 4.78 is 23.2. The van der Waals surface area contributed by atoms with Gasteiger partial charge < -0.3 is 29.0 Å². The van der Waals surface area contributed by atoms with E-state index in [1.54, 1.807) is 11.3 Å². The molecule has 2 bridgehead atoms. The number of carbonyl (C=O) groups is 3. The van der Waals surface area contributed by atoms with Crippen LogP contribution < -0.4 is 0 Å². The van der Waals surface area contributed by atoms with Gasteiger partial charge in [-0.05, 0) is 50.5 Å². The summed E-state index contributed by atoms with van der Waals surface area (Å²) in [5.74, 6) is -5.22. The summed E-state index contributed by atoms with van der Waals surface area (Å²) in [6, 6.07) is 11.4. The summed E-state index contributed by atoms with van der Waals surface area (Å²) in [7, 11) is 4.02. The molecule has 3 aliphatic rings. The number of fused-ring (bicyclic) bond motifs is 6. The van der Waals surface area contributed by atoms with Crippen molar-refractivity contribution < 1.29 is 38.4 Å². The Morgan fingerprint density at radius 1 is 1.10 bits per heavy atom. The molecule has 0 saturated carbocycles. The summed E-state index contributed by atoms with van der Waals surface area (Å²) in [5.41, 5.74) is -1.11. The third kappa shape index (κ3) is 3.87. The van der Waals surface area contributed by atoms with Crippen molar-refractivity contribution in [1.29, 1.82) is 0 Å². The minimum Gasteiger partial charge on any atom is -0.444 e. The van der Waals surface area contributed by atoms with Gasteiger partial charge in [0.05, 0.1) is 24.1 Å². The van der Waals surface area contributed by atoms with Gasteiger partial charge in [-0.2, -0.15) is 0 Å². The van der Waals surface area contributed by atoms with E-state index in [1.165, 1.54) is 0 Å². The number of nitrogens with zero attached hydrogens (tertiary/aromatic N) is 1. The van der Waals surface area contributed by atoms with Gasteiger partial charge in [0.25, 0.3) is 0 Å². The Morgan fingerprint density at radius 3 is 2.59 bits per heavy atom. The molecule has 11 heteroatoms. The number of rotatable bonds is 5. The van der Waals surface area contributed by atoms with Crippen LogP contribution in [-0.4, -0.2) is 58.6 Å². The topological polar surface area (TPSA) is 127 Å². The Bertz CT molecular complexity index is 1510. The average molecular weight is 553 g/mol. The maximum atomic E-state index is 13.1. The van der Waals surface area contributed by atoms with Crippen LogP contribution in [0.2, 0.25) is 0 Å². The van der Waals surface area contributed by atoms with E-state index in [2.05, 4.69) is 22.9 Å². The molecule has 204 valence electrons. The van der Waals surface area contributed by atoms with Gasteiger partial charge in [0.1, 0.15) is 5.76 Å². The summed E-state index contributed by atoms with van der Waals surface area (Å²) in [6.45, 7) is 2.10. The Labute approximate surface area is 228 Å². The summed E-state index contributed by atoms with van der Waals surface area (Å²) in [6.07, 6.45) is 0.195. The zero-order valence-electron chi connectivity index (χ0n) is 21.7. The number of esters is 3. The van der Waals surface area contributed by atoms with Gasteiger partial charge in [0.2, 0.25) is 6.10 Å². The third-order valence-corrected chi connectivity index (χ3v) is 8.93. The summed E-state index contributed by atoms with van der Waals surface area (Å²) in [4.78, 5) is 45.6. The molecule has 39 heavy (non-hydrogen) atoms. The third-order valence-electron chi connectivity index (χ3n) is 7.87. The van der Waals surface area contributed by atoms with Crippen LogP contribution in [0.5, 0.6) is 0 Å². The molecule has 6 rings (SSSR count). The SMILES string of the molecule is CCC(C/C=C1\OC23OC(=O)CC(O)(CC(=O)OC2c2c1[nH]c1ccccc21)C(=O)O3)(c1cccs1)N(C)C. The van der Waals surface area contributed by atoms with Crippen molar-refractivity contribution in [3.63, 3.8) is 0 Å². The van der Waals surface area contributed by atoms with Crippen molar-refractivity contribution in [1.82, 2.24) is 9.88 Å². The van der Waals surface area contributed by atoms with E-state index in [9.17, 15) is 19.5 Å². The minimum atomic E-state index is -2.45. The standard InChI is InChI=1S/C28H28N2O8S/c1-4-26(30(2)3,19-10-7-13-39-19)12-11-18-23-22(16-8-5-6-9-17(16)29-23)24-28(36-18)37-21(32)15-27(34,25(33)38-28)14-20(31)35-24/h5-11,13,24,29,34H,4,12,14-15H2,1-3H3/b18-11-. The van der Waals surface area contributed by atoms with E-state index < -0.39 is 48.4 Å². The number of thiophene rings is 1. The Hall–Kier alpha value is -3.67. The second-order valence-electron chi connectivity index (χ2n) is 10.3. The molecule has 2 saturated heterocycles. The monoisotopic (exact) mass is 552 g/mol. The zero-order chi connectivity index (χ0) is 27.6. The predicted molar refractivity (Wildman–Crippen MR) is 140 cm³/mol. The second-order valence-corrected chi connectivity index (χ2v) is 11.3. The maximum absolute atomic E-state index is 13.1. The fraction of sp³-hybridized carbons (Fsp3) is 0.393. The van der Waals surface area contributed by atoms with E-state index in [0.717, 1.165) is 16.8 Å². The number of benzene rings is 1. The van der Waals surface area contributed by atoms with E-state index in [-0.39, 0.29) is 11.3 Å². The van der Waals surface area contributed by atoms with Crippen molar-refractivity contribution in [3.8, 4) is 0 Å². The molecule has 1 spiro atoms. The highest BCUT2D eigenvalue weighted by molar-refractivity contribution is 7.10. The van der Waals surface area contributed by atoms with Crippen LogP contribution in [0.3, 0.4) is 0 Å².